The molecule has 6 nitrogen and oxygen atoms in total. The van der Waals surface area contributed by atoms with Crippen LogP contribution in [0.15, 0.2) is 12.1 Å². The Kier molecular flexibility index (Phi) is 5.37. The highest BCUT2D eigenvalue weighted by Crippen LogP contribution is 2.22. The van der Waals surface area contributed by atoms with Gasteiger partial charge in [0, 0.05) is 42.6 Å². The van der Waals surface area contributed by atoms with Crippen LogP contribution in [0.2, 0.25) is 0 Å². The molecule has 1 aliphatic rings. The van der Waals surface area contributed by atoms with Gasteiger partial charge in [-0.15, -0.1) is 0 Å². The first kappa shape index (κ1) is 17.9. The second-order valence-corrected chi connectivity index (χ2v) is 7.31. The molecule has 1 fully saturated rings. The van der Waals surface area contributed by atoms with E-state index >= 15 is 0 Å². The van der Waals surface area contributed by atoms with Gasteiger partial charge >= 0.3 is 0 Å². The Morgan fingerprint density at radius 1 is 1.24 bits per heavy atom. The number of carbonyl (C=O) groups is 1. The highest BCUT2D eigenvalue weighted by molar-refractivity contribution is 5.93. The molecule has 1 saturated heterocycles. The summed E-state index contributed by atoms with van der Waals surface area (Å²) in [5, 5.41) is 7.37. The van der Waals surface area contributed by atoms with Gasteiger partial charge in [0.25, 0.3) is 5.91 Å². The topological polar surface area (TPSA) is 62.5 Å². The van der Waals surface area contributed by atoms with Crippen LogP contribution in [-0.4, -0.2) is 50.6 Å². The second kappa shape index (κ2) is 7.52. The zero-order chi connectivity index (χ0) is 18.0. The molecular formula is C19H29N5O. The zero-order valence-corrected chi connectivity index (χ0v) is 15.7. The number of amides is 1. The molecule has 0 bridgehead atoms. The van der Waals surface area contributed by atoms with E-state index in [1.54, 1.807) is 10.6 Å². The molecule has 2 aromatic heterocycles. The lowest BCUT2D eigenvalue weighted by molar-refractivity contribution is 0.0921. The van der Waals surface area contributed by atoms with Crippen molar-refractivity contribution in [1.82, 2.24) is 24.8 Å². The first-order valence-electron chi connectivity index (χ1n) is 9.33. The van der Waals surface area contributed by atoms with E-state index in [1.165, 1.54) is 19.3 Å². The van der Waals surface area contributed by atoms with Crippen LogP contribution in [0.4, 0.5) is 0 Å². The average molecular weight is 343 g/mol. The minimum absolute atomic E-state index is 0.123. The van der Waals surface area contributed by atoms with E-state index in [2.05, 4.69) is 34.1 Å². The Labute approximate surface area is 149 Å². The number of rotatable bonds is 5. The summed E-state index contributed by atoms with van der Waals surface area (Å²) in [5.74, 6) is -0.123. The van der Waals surface area contributed by atoms with Crippen molar-refractivity contribution in [2.24, 2.45) is 0 Å². The van der Waals surface area contributed by atoms with Crippen molar-refractivity contribution in [3.63, 3.8) is 0 Å². The van der Waals surface area contributed by atoms with E-state index < -0.39 is 0 Å². The Hall–Kier alpha value is -1.95. The maximum absolute atomic E-state index is 12.4. The van der Waals surface area contributed by atoms with Crippen LogP contribution in [0.25, 0.3) is 5.65 Å². The van der Waals surface area contributed by atoms with Gasteiger partial charge in [-0.25, -0.2) is 9.50 Å². The summed E-state index contributed by atoms with van der Waals surface area (Å²) in [6, 6.07) is 5.01. The standard InChI is InChI=1S/C19H29N5O/c1-13-11-16(4)24-18(21-13)12-17(22-24)19(25)20-9-6-10-23-14(2)7-5-8-15(23)3/h11-12,14-15H,5-10H2,1-4H3,(H,20,25)/t14-,15+. The number of aromatic nitrogens is 3. The monoisotopic (exact) mass is 343 g/mol. The number of piperidine rings is 1. The van der Waals surface area contributed by atoms with Crippen molar-refractivity contribution < 1.29 is 4.79 Å². The third-order valence-electron chi connectivity index (χ3n) is 5.22. The number of aryl methyl sites for hydroxylation is 2. The van der Waals surface area contributed by atoms with Gasteiger partial charge in [-0.1, -0.05) is 6.42 Å². The summed E-state index contributed by atoms with van der Waals surface area (Å²) in [7, 11) is 0. The third kappa shape index (κ3) is 4.00. The van der Waals surface area contributed by atoms with Crippen LogP contribution in [0.3, 0.4) is 0 Å². The summed E-state index contributed by atoms with van der Waals surface area (Å²) in [4.78, 5) is 19.4. The summed E-state index contributed by atoms with van der Waals surface area (Å²) in [5.41, 5.74) is 3.07. The lowest BCUT2D eigenvalue weighted by Gasteiger charge is -2.39. The summed E-state index contributed by atoms with van der Waals surface area (Å²) in [6.45, 7) is 10.2. The molecule has 1 aliphatic heterocycles. The molecule has 0 unspecified atom stereocenters. The highest BCUT2D eigenvalue weighted by Gasteiger charge is 2.23. The lowest BCUT2D eigenvalue weighted by atomic mass is 9.97. The maximum atomic E-state index is 12.4. The minimum Gasteiger partial charge on any atom is -0.351 e. The summed E-state index contributed by atoms with van der Waals surface area (Å²) < 4.78 is 1.72. The lowest BCUT2D eigenvalue weighted by Crippen LogP contribution is -2.44. The fraction of sp³-hybridized carbons (Fsp3) is 0.632. The van der Waals surface area contributed by atoms with E-state index in [0.29, 0.717) is 24.3 Å². The van der Waals surface area contributed by atoms with Crippen LogP contribution in [0, 0.1) is 13.8 Å². The maximum Gasteiger partial charge on any atom is 0.271 e. The minimum atomic E-state index is -0.123. The molecule has 3 rings (SSSR count). The van der Waals surface area contributed by atoms with Gasteiger partial charge in [0.2, 0.25) is 0 Å². The quantitative estimate of drug-likeness (QED) is 0.848. The fourth-order valence-corrected chi connectivity index (χ4v) is 3.87. The van der Waals surface area contributed by atoms with Crippen molar-refractivity contribution >= 4 is 11.6 Å². The van der Waals surface area contributed by atoms with Crippen LogP contribution in [-0.2, 0) is 0 Å². The molecule has 0 spiro atoms. The molecule has 0 aliphatic carbocycles. The van der Waals surface area contributed by atoms with Gasteiger partial charge in [-0.3, -0.25) is 9.69 Å². The Bertz CT molecular complexity index is 744. The van der Waals surface area contributed by atoms with Crippen molar-refractivity contribution in [3.8, 4) is 0 Å². The number of hydrogen-bond acceptors (Lipinski definition) is 4. The highest BCUT2D eigenvalue weighted by atomic mass is 16.1. The molecule has 6 heteroatoms. The summed E-state index contributed by atoms with van der Waals surface area (Å²) >= 11 is 0. The van der Waals surface area contributed by atoms with Crippen molar-refractivity contribution in [1.29, 1.82) is 0 Å². The van der Waals surface area contributed by atoms with Crippen LogP contribution in [0.1, 0.15) is 61.4 Å². The van der Waals surface area contributed by atoms with Crippen molar-refractivity contribution in [3.05, 3.63) is 29.2 Å². The Balaban J connectivity index is 1.53. The van der Waals surface area contributed by atoms with Gasteiger partial charge in [0.15, 0.2) is 11.3 Å². The van der Waals surface area contributed by atoms with Gasteiger partial charge in [0.1, 0.15) is 0 Å². The van der Waals surface area contributed by atoms with Gasteiger partial charge in [0.05, 0.1) is 0 Å². The van der Waals surface area contributed by atoms with E-state index in [9.17, 15) is 4.79 Å². The van der Waals surface area contributed by atoms with Crippen molar-refractivity contribution in [2.45, 2.75) is 65.5 Å². The SMILES string of the molecule is Cc1cc(C)n2nc(C(=O)NCCCN3[C@H](C)CCC[C@@H]3C)cc2n1. The smallest absolute Gasteiger partial charge is 0.271 e. The molecule has 2 atom stereocenters. The number of likely N-dealkylation sites (tertiary alicyclic amines) is 1. The van der Waals surface area contributed by atoms with E-state index in [-0.39, 0.29) is 5.91 Å². The summed E-state index contributed by atoms with van der Waals surface area (Å²) in [6.07, 6.45) is 4.86. The fourth-order valence-electron chi connectivity index (χ4n) is 3.87. The van der Waals surface area contributed by atoms with Crippen LogP contribution in [0.5, 0.6) is 0 Å². The number of nitrogens with one attached hydrogen (secondary N) is 1. The van der Waals surface area contributed by atoms with Crippen LogP contribution < -0.4 is 5.32 Å². The molecule has 2 aromatic rings. The normalized spacial score (nSPS) is 21.6. The molecule has 0 saturated carbocycles. The van der Waals surface area contributed by atoms with E-state index in [4.69, 9.17) is 0 Å². The molecule has 25 heavy (non-hydrogen) atoms. The van der Waals surface area contributed by atoms with Gasteiger partial charge < -0.3 is 5.32 Å². The molecule has 1 amide bonds. The second-order valence-electron chi connectivity index (χ2n) is 7.31. The largest absolute Gasteiger partial charge is 0.351 e. The number of hydrogen-bond donors (Lipinski definition) is 1. The third-order valence-corrected chi connectivity index (χ3v) is 5.22. The van der Waals surface area contributed by atoms with E-state index in [1.807, 2.05) is 19.9 Å². The molecule has 1 N–H and O–H groups in total. The van der Waals surface area contributed by atoms with Gasteiger partial charge in [-0.05, 0) is 53.0 Å². The Morgan fingerprint density at radius 3 is 2.68 bits per heavy atom. The molecule has 0 aromatic carbocycles. The Morgan fingerprint density at radius 2 is 1.96 bits per heavy atom. The molecule has 136 valence electrons. The predicted octanol–water partition coefficient (Wildman–Crippen LogP) is 2.73. The zero-order valence-electron chi connectivity index (χ0n) is 15.7. The van der Waals surface area contributed by atoms with Crippen LogP contribution >= 0.6 is 0 Å². The van der Waals surface area contributed by atoms with E-state index in [0.717, 1.165) is 30.0 Å². The number of fused-ring (bicyclic) bond motifs is 1. The first-order chi connectivity index (χ1) is 12.0. The predicted molar refractivity (Wildman–Crippen MR) is 98.9 cm³/mol. The number of nitrogens with zero attached hydrogens (tertiary/aromatic N) is 4. The number of carbonyl (C=O) groups excluding carboxylic acids is 1. The average Bonchev–Trinajstić information content (AvgIpc) is 2.98. The molecule has 0 radical (unpaired) electrons. The molecular weight excluding hydrogens is 314 g/mol. The molecule has 3 heterocycles. The van der Waals surface area contributed by atoms with Crippen molar-refractivity contribution in [2.75, 3.05) is 13.1 Å². The van der Waals surface area contributed by atoms with Gasteiger partial charge in [-0.2, -0.15) is 5.10 Å². The first-order valence-corrected chi connectivity index (χ1v) is 9.33.